The molecule has 1 aliphatic rings. The molecule has 0 amide bonds. The predicted molar refractivity (Wildman–Crippen MR) is 86.1 cm³/mol. The summed E-state index contributed by atoms with van der Waals surface area (Å²) >= 11 is 0. The number of aromatic nitrogens is 2. The number of pyridine rings is 2. The maximum Gasteiger partial charge on any atom is 0.244 e. The van der Waals surface area contributed by atoms with E-state index in [-0.39, 0.29) is 4.90 Å². The van der Waals surface area contributed by atoms with Crippen molar-refractivity contribution >= 4 is 21.7 Å². The van der Waals surface area contributed by atoms with Gasteiger partial charge in [-0.2, -0.15) is 4.31 Å². The minimum atomic E-state index is -3.51. The van der Waals surface area contributed by atoms with Gasteiger partial charge in [-0.05, 0) is 31.2 Å². The van der Waals surface area contributed by atoms with Crippen molar-refractivity contribution in [2.75, 3.05) is 31.6 Å². The molecular formula is C15H18N4O3S. The second-order valence-corrected chi connectivity index (χ2v) is 7.12. The van der Waals surface area contributed by atoms with E-state index < -0.39 is 10.0 Å². The van der Waals surface area contributed by atoms with E-state index in [4.69, 9.17) is 4.74 Å². The number of ether oxygens (including phenoxy) is 1. The first-order valence-electron chi connectivity index (χ1n) is 7.30. The Morgan fingerprint density at radius 2 is 1.91 bits per heavy atom. The smallest absolute Gasteiger partial charge is 0.244 e. The molecule has 0 aliphatic carbocycles. The molecule has 1 aliphatic heterocycles. The minimum absolute atomic E-state index is 0.183. The van der Waals surface area contributed by atoms with Gasteiger partial charge in [-0.1, -0.05) is 6.07 Å². The molecule has 8 heteroatoms. The number of hydrogen-bond acceptors (Lipinski definition) is 6. The fraction of sp³-hybridized carbons (Fsp3) is 0.333. The number of nitrogens with one attached hydrogen (secondary N) is 1. The number of hydrogen-bond donors (Lipinski definition) is 1. The minimum Gasteiger partial charge on any atom is -0.379 e. The van der Waals surface area contributed by atoms with Gasteiger partial charge in [-0.15, -0.1) is 0 Å². The predicted octanol–water partition coefficient (Wildman–Crippen LogP) is 1.55. The van der Waals surface area contributed by atoms with Gasteiger partial charge < -0.3 is 10.1 Å². The Balaban J connectivity index is 1.76. The molecule has 7 nitrogen and oxygen atoms in total. The maximum absolute atomic E-state index is 12.5. The number of sulfonamides is 1. The molecule has 1 fully saturated rings. The van der Waals surface area contributed by atoms with Crippen LogP contribution < -0.4 is 5.32 Å². The molecule has 122 valence electrons. The molecule has 23 heavy (non-hydrogen) atoms. The number of nitrogens with zero attached hydrogens (tertiary/aromatic N) is 3. The lowest BCUT2D eigenvalue weighted by atomic mass is 10.3. The van der Waals surface area contributed by atoms with Gasteiger partial charge in [0.05, 0.1) is 13.2 Å². The van der Waals surface area contributed by atoms with Crippen LogP contribution in [0, 0.1) is 6.92 Å². The molecule has 1 N–H and O–H groups in total. The average molecular weight is 334 g/mol. The van der Waals surface area contributed by atoms with Crippen molar-refractivity contribution in [3.8, 4) is 0 Å². The molecule has 1 saturated heterocycles. The highest BCUT2D eigenvalue weighted by molar-refractivity contribution is 7.89. The first-order chi connectivity index (χ1) is 11.1. The summed E-state index contributed by atoms with van der Waals surface area (Å²) in [5.41, 5.74) is 0.890. The van der Waals surface area contributed by atoms with Crippen molar-refractivity contribution in [3.63, 3.8) is 0 Å². The highest BCUT2D eigenvalue weighted by atomic mass is 32.2. The van der Waals surface area contributed by atoms with E-state index in [0.717, 1.165) is 5.69 Å². The third kappa shape index (κ3) is 3.66. The summed E-state index contributed by atoms with van der Waals surface area (Å²) in [6, 6.07) is 8.80. The van der Waals surface area contributed by atoms with E-state index in [9.17, 15) is 8.42 Å². The fourth-order valence-electron chi connectivity index (χ4n) is 2.29. The van der Waals surface area contributed by atoms with Gasteiger partial charge in [0.15, 0.2) is 0 Å². The van der Waals surface area contributed by atoms with Crippen molar-refractivity contribution in [1.82, 2.24) is 14.3 Å². The first kappa shape index (κ1) is 15.9. The zero-order valence-corrected chi connectivity index (χ0v) is 13.6. The van der Waals surface area contributed by atoms with Gasteiger partial charge in [-0.3, -0.25) is 0 Å². The van der Waals surface area contributed by atoms with Crippen LogP contribution in [0.2, 0.25) is 0 Å². The number of anilines is 2. The Labute approximate surface area is 135 Å². The zero-order chi connectivity index (χ0) is 16.3. The molecule has 0 saturated carbocycles. The largest absolute Gasteiger partial charge is 0.379 e. The van der Waals surface area contributed by atoms with Gasteiger partial charge in [0.1, 0.15) is 16.5 Å². The van der Waals surface area contributed by atoms with Gasteiger partial charge >= 0.3 is 0 Å². The average Bonchev–Trinajstić information content (AvgIpc) is 2.56. The van der Waals surface area contributed by atoms with E-state index in [1.165, 1.54) is 10.5 Å². The summed E-state index contributed by atoms with van der Waals surface area (Å²) < 4.78 is 31.6. The van der Waals surface area contributed by atoms with Crippen LogP contribution in [0.4, 0.5) is 11.6 Å². The van der Waals surface area contributed by atoms with Crippen molar-refractivity contribution in [1.29, 1.82) is 0 Å². The molecule has 0 bridgehead atoms. The van der Waals surface area contributed by atoms with Crippen LogP contribution >= 0.6 is 0 Å². The molecular weight excluding hydrogens is 316 g/mol. The molecule has 3 rings (SSSR count). The molecule has 0 atom stereocenters. The van der Waals surface area contributed by atoms with E-state index in [1.54, 1.807) is 12.1 Å². The number of aryl methyl sites for hydroxylation is 1. The Kier molecular flexibility index (Phi) is 4.56. The monoisotopic (exact) mass is 334 g/mol. The second kappa shape index (κ2) is 6.61. The lowest BCUT2D eigenvalue weighted by Crippen LogP contribution is -2.40. The standard InChI is InChI=1S/C15H18N4O3S/c1-12-3-2-4-15(17-12)18-14-6-5-13(11-16-14)23(20,21)19-7-9-22-10-8-19/h2-6,11H,7-10H2,1H3,(H,16,17,18). The Morgan fingerprint density at radius 1 is 1.13 bits per heavy atom. The summed E-state index contributed by atoms with van der Waals surface area (Å²) in [6.45, 7) is 3.48. The topological polar surface area (TPSA) is 84.4 Å². The van der Waals surface area contributed by atoms with E-state index in [1.807, 2.05) is 25.1 Å². The van der Waals surface area contributed by atoms with Crippen molar-refractivity contribution < 1.29 is 13.2 Å². The number of rotatable bonds is 4. The Morgan fingerprint density at radius 3 is 2.57 bits per heavy atom. The lowest BCUT2D eigenvalue weighted by molar-refractivity contribution is 0.0730. The van der Waals surface area contributed by atoms with Gasteiger partial charge in [0.25, 0.3) is 0 Å². The molecule has 0 spiro atoms. The van der Waals surface area contributed by atoms with Crippen molar-refractivity contribution in [3.05, 3.63) is 42.2 Å². The second-order valence-electron chi connectivity index (χ2n) is 5.18. The highest BCUT2D eigenvalue weighted by Crippen LogP contribution is 2.19. The SMILES string of the molecule is Cc1cccc(Nc2ccc(S(=O)(=O)N3CCOCC3)cn2)n1. The van der Waals surface area contributed by atoms with E-state index in [0.29, 0.717) is 37.9 Å². The highest BCUT2D eigenvalue weighted by Gasteiger charge is 2.26. The van der Waals surface area contributed by atoms with E-state index in [2.05, 4.69) is 15.3 Å². The van der Waals surface area contributed by atoms with Crippen LogP contribution in [0.5, 0.6) is 0 Å². The van der Waals surface area contributed by atoms with Crippen molar-refractivity contribution in [2.24, 2.45) is 0 Å². The third-order valence-electron chi connectivity index (χ3n) is 3.49. The Hall–Kier alpha value is -2.03. The molecule has 0 aromatic carbocycles. The third-order valence-corrected chi connectivity index (χ3v) is 5.37. The first-order valence-corrected chi connectivity index (χ1v) is 8.74. The molecule has 2 aromatic rings. The van der Waals surface area contributed by atoms with Gasteiger partial charge in [0.2, 0.25) is 10.0 Å². The summed E-state index contributed by atoms with van der Waals surface area (Å²) in [4.78, 5) is 8.68. The van der Waals surface area contributed by atoms with Crippen LogP contribution in [0.25, 0.3) is 0 Å². The van der Waals surface area contributed by atoms with Crippen LogP contribution in [0.3, 0.4) is 0 Å². The fourth-order valence-corrected chi connectivity index (χ4v) is 3.64. The van der Waals surface area contributed by atoms with Crippen LogP contribution in [-0.4, -0.2) is 49.0 Å². The van der Waals surface area contributed by atoms with Gasteiger partial charge in [-0.25, -0.2) is 18.4 Å². The molecule has 2 aromatic heterocycles. The normalized spacial score (nSPS) is 16.2. The van der Waals surface area contributed by atoms with Crippen LogP contribution in [-0.2, 0) is 14.8 Å². The van der Waals surface area contributed by atoms with Crippen LogP contribution in [0.1, 0.15) is 5.69 Å². The van der Waals surface area contributed by atoms with Crippen LogP contribution in [0.15, 0.2) is 41.4 Å². The summed E-state index contributed by atoms with van der Waals surface area (Å²) in [7, 11) is -3.51. The van der Waals surface area contributed by atoms with Gasteiger partial charge in [0, 0.05) is 25.0 Å². The van der Waals surface area contributed by atoms with Crippen molar-refractivity contribution in [2.45, 2.75) is 11.8 Å². The lowest BCUT2D eigenvalue weighted by Gasteiger charge is -2.25. The summed E-state index contributed by atoms with van der Waals surface area (Å²) in [5.74, 6) is 1.21. The summed E-state index contributed by atoms with van der Waals surface area (Å²) in [5, 5.41) is 3.05. The quantitative estimate of drug-likeness (QED) is 0.913. The maximum atomic E-state index is 12.5. The zero-order valence-electron chi connectivity index (χ0n) is 12.8. The molecule has 3 heterocycles. The number of morpholine rings is 1. The molecule has 0 unspecified atom stereocenters. The Bertz CT molecular complexity index is 772. The summed E-state index contributed by atoms with van der Waals surface area (Å²) in [6.07, 6.45) is 1.36. The van der Waals surface area contributed by atoms with E-state index >= 15 is 0 Å². The molecule has 0 radical (unpaired) electrons.